The number of furan rings is 1. The zero-order valence-electron chi connectivity index (χ0n) is 15.8. The van der Waals surface area contributed by atoms with Crippen LogP contribution in [0.25, 0.3) is 11.0 Å². The number of urea groups is 1. The van der Waals surface area contributed by atoms with E-state index in [1.807, 2.05) is 0 Å². The Bertz CT molecular complexity index is 1260. The van der Waals surface area contributed by atoms with Gasteiger partial charge in [-0.25, -0.2) is 17.6 Å². The summed E-state index contributed by atoms with van der Waals surface area (Å²) >= 11 is 0. The van der Waals surface area contributed by atoms with E-state index in [0.717, 1.165) is 16.5 Å². The first-order valence-corrected chi connectivity index (χ1v) is 10.8. The summed E-state index contributed by atoms with van der Waals surface area (Å²) < 4.78 is 45.8. The monoisotopic (exact) mass is 427 g/mol. The van der Waals surface area contributed by atoms with Crippen molar-refractivity contribution in [1.82, 2.24) is 9.21 Å². The van der Waals surface area contributed by atoms with Gasteiger partial charge in [0.15, 0.2) is 0 Å². The Morgan fingerprint density at radius 2 is 1.67 bits per heavy atom. The minimum absolute atomic E-state index is 0.225. The van der Waals surface area contributed by atoms with Crippen molar-refractivity contribution in [3.05, 3.63) is 71.8 Å². The van der Waals surface area contributed by atoms with E-state index in [-0.39, 0.29) is 29.8 Å². The molecular weight excluding hydrogens is 409 g/mol. The van der Waals surface area contributed by atoms with Crippen LogP contribution in [-0.2, 0) is 10.0 Å². The van der Waals surface area contributed by atoms with Crippen LogP contribution in [0.4, 0.5) is 14.9 Å². The molecule has 1 N–H and O–H groups in total. The summed E-state index contributed by atoms with van der Waals surface area (Å²) in [5, 5.41) is 3.47. The lowest BCUT2D eigenvalue weighted by Gasteiger charge is -2.23. The number of hydrogen-bond donors (Lipinski definition) is 1. The molecule has 0 atom stereocenters. The van der Waals surface area contributed by atoms with Crippen LogP contribution in [0.1, 0.15) is 0 Å². The zero-order chi connectivity index (χ0) is 20.9. The molecule has 2 amide bonds. The largest absolute Gasteiger partial charge is 0.464 e. The number of carbonyl (C=O) groups excluding carboxylic acids is 1. The van der Waals surface area contributed by atoms with Crippen LogP contribution in [0.3, 0.4) is 0 Å². The molecule has 30 heavy (non-hydrogen) atoms. The number of anilines is 1. The second-order valence-electron chi connectivity index (χ2n) is 7.39. The Labute approximate surface area is 172 Å². The Hall–Kier alpha value is -3.17. The van der Waals surface area contributed by atoms with Crippen molar-refractivity contribution in [3.8, 4) is 0 Å². The number of amides is 2. The second-order valence-corrected chi connectivity index (χ2v) is 9.33. The minimum atomic E-state index is -3.65. The number of carbonyl (C=O) groups is 1. The Kier molecular flexibility index (Phi) is 4.37. The van der Waals surface area contributed by atoms with Gasteiger partial charge in [0.1, 0.15) is 11.4 Å². The van der Waals surface area contributed by atoms with E-state index in [1.165, 1.54) is 34.8 Å². The number of benzene rings is 2. The third kappa shape index (κ3) is 3.25. The summed E-state index contributed by atoms with van der Waals surface area (Å²) in [4.78, 5) is 14.3. The number of nitrogens with one attached hydrogen (secondary N) is 1. The highest BCUT2D eigenvalue weighted by Crippen LogP contribution is 2.31. The molecule has 0 fully saturated rings. The van der Waals surface area contributed by atoms with E-state index >= 15 is 0 Å². The molecule has 7 nitrogen and oxygen atoms in total. The van der Waals surface area contributed by atoms with E-state index in [4.69, 9.17) is 4.42 Å². The lowest BCUT2D eigenvalue weighted by Crippen LogP contribution is -2.38. The van der Waals surface area contributed by atoms with Crippen LogP contribution in [0.15, 0.2) is 75.3 Å². The molecule has 0 saturated carbocycles. The second kappa shape index (κ2) is 6.96. The first-order chi connectivity index (χ1) is 14.4. The quantitative estimate of drug-likeness (QED) is 0.650. The van der Waals surface area contributed by atoms with Gasteiger partial charge in [-0.2, -0.15) is 4.31 Å². The molecule has 9 heteroatoms. The SMILES string of the molecule is O=C(Nc1ccc(F)cc1)N1CC2=C(C1)CN(S(=O)(=O)c1ccc3occc3c1)C2. The van der Waals surface area contributed by atoms with Crippen LogP contribution in [-0.4, -0.2) is 49.8 Å². The fourth-order valence-corrected chi connectivity index (χ4v) is 5.31. The molecular formula is C21H18FN3O4S. The van der Waals surface area contributed by atoms with Gasteiger partial charge in [-0.15, -0.1) is 0 Å². The normalized spacial score (nSPS) is 17.0. The van der Waals surface area contributed by atoms with Gasteiger partial charge in [-0.3, -0.25) is 0 Å². The highest BCUT2D eigenvalue weighted by Gasteiger charge is 2.37. The smallest absolute Gasteiger partial charge is 0.322 e. The molecule has 5 rings (SSSR count). The maximum absolute atomic E-state index is 13.1. The van der Waals surface area contributed by atoms with Crippen LogP contribution in [0.2, 0.25) is 0 Å². The maximum atomic E-state index is 13.1. The van der Waals surface area contributed by atoms with Crippen molar-refractivity contribution >= 4 is 32.7 Å². The summed E-state index contributed by atoms with van der Waals surface area (Å²) in [6.07, 6.45) is 1.53. The van der Waals surface area contributed by atoms with Gasteiger partial charge in [0, 0.05) is 37.3 Å². The molecule has 3 heterocycles. The molecule has 0 spiro atoms. The molecule has 0 radical (unpaired) electrons. The third-order valence-corrected chi connectivity index (χ3v) is 7.23. The van der Waals surface area contributed by atoms with Gasteiger partial charge in [0.05, 0.1) is 11.2 Å². The van der Waals surface area contributed by atoms with Crippen molar-refractivity contribution < 1.29 is 22.0 Å². The third-order valence-electron chi connectivity index (χ3n) is 5.44. The zero-order valence-corrected chi connectivity index (χ0v) is 16.7. The highest BCUT2D eigenvalue weighted by atomic mass is 32.2. The van der Waals surface area contributed by atoms with E-state index in [1.54, 1.807) is 29.2 Å². The standard InChI is InChI=1S/C21H18FN3O4S/c22-17-1-3-18(4-2-17)23-21(26)24-10-15-12-25(13-16(15)11-24)30(27,28)19-5-6-20-14(9-19)7-8-29-20/h1-9H,10-13H2,(H,23,26). The molecule has 0 unspecified atom stereocenters. The lowest BCUT2D eigenvalue weighted by molar-refractivity contribution is 0.222. The van der Waals surface area contributed by atoms with Gasteiger partial charge in [0.25, 0.3) is 0 Å². The van der Waals surface area contributed by atoms with Crippen LogP contribution in [0, 0.1) is 5.82 Å². The molecule has 1 aromatic heterocycles. The van der Waals surface area contributed by atoms with Crippen LogP contribution in [0.5, 0.6) is 0 Å². The summed E-state index contributed by atoms with van der Waals surface area (Å²) in [6, 6.07) is 11.8. The maximum Gasteiger partial charge on any atom is 0.322 e. The van der Waals surface area contributed by atoms with Gasteiger partial charge >= 0.3 is 6.03 Å². The number of sulfonamides is 1. The molecule has 0 saturated heterocycles. The van der Waals surface area contributed by atoms with Crippen molar-refractivity contribution in [2.24, 2.45) is 0 Å². The number of halogens is 1. The molecule has 154 valence electrons. The fraction of sp³-hybridized carbons (Fsp3) is 0.190. The van der Waals surface area contributed by atoms with Gasteiger partial charge in [-0.1, -0.05) is 0 Å². The number of rotatable bonds is 3. The number of nitrogens with zero attached hydrogens (tertiary/aromatic N) is 2. The fourth-order valence-electron chi connectivity index (χ4n) is 3.85. The number of fused-ring (bicyclic) bond motifs is 1. The van der Waals surface area contributed by atoms with Gasteiger partial charge in [0.2, 0.25) is 10.0 Å². The predicted molar refractivity (Wildman–Crippen MR) is 109 cm³/mol. The highest BCUT2D eigenvalue weighted by molar-refractivity contribution is 7.89. The molecule has 3 aromatic rings. The summed E-state index contributed by atoms with van der Waals surface area (Å²) in [5.74, 6) is -0.372. The van der Waals surface area contributed by atoms with Crippen LogP contribution >= 0.6 is 0 Å². The van der Waals surface area contributed by atoms with Crippen molar-refractivity contribution in [2.45, 2.75) is 4.90 Å². The first kappa shape index (κ1) is 18.8. The topological polar surface area (TPSA) is 82.9 Å². The lowest BCUT2D eigenvalue weighted by atomic mass is 10.2. The van der Waals surface area contributed by atoms with Gasteiger partial charge in [-0.05, 0) is 59.7 Å². The molecule has 2 aliphatic rings. The van der Waals surface area contributed by atoms with Gasteiger partial charge < -0.3 is 14.6 Å². The minimum Gasteiger partial charge on any atom is -0.464 e. The Morgan fingerprint density at radius 1 is 0.967 bits per heavy atom. The number of hydrogen-bond acceptors (Lipinski definition) is 4. The molecule has 2 aromatic carbocycles. The molecule has 2 aliphatic heterocycles. The Balaban J connectivity index is 1.25. The van der Waals surface area contributed by atoms with Crippen molar-refractivity contribution in [3.63, 3.8) is 0 Å². The van der Waals surface area contributed by atoms with Crippen molar-refractivity contribution in [1.29, 1.82) is 0 Å². The Morgan fingerprint density at radius 3 is 2.37 bits per heavy atom. The van der Waals surface area contributed by atoms with E-state index in [9.17, 15) is 17.6 Å². The predicted octanol–water partition coefficient (Wildman–Crippen LogP) is 3.42. The molecule has 0 bridgehead atoms. The van der Waals surface area contributed by atoms with Crippen LogP contribution < -0.4 is 5.32 Å². The summed E-state index contributed by atoms with van der Waals surface area (Å²) in [6.45, 7) is 1.27. The molecule has 0 aliphatic carbocycles. The average molecular weight is 427 g/mol. The van der Waals surface area contributed by atoms with E-state index in [0.29, 0.717) is 24.4 Å². The van der Waals surface area contributed by atoms with E-state index < -0.39 is 10.0 Å². The van der Waals surface area contributed by atoms with Crippen molar-refractivity contribution in [2.75, 3.05) is 31.5 Å². The first-order valence-electron chi connectivity index (χ1n) is 9.39. The summed E-state index contributed by atoms with van der Waals surface area (Å²) in [5.41, 5.74) is 3.03. The average Bonchev–Trinajstić information content (AvgIpc) is 3.43. The summed E-state index contributed by atoms with van der Waals surface area (Å²) in [7, 11) is -3.65. The van der Waals surface area contributed by atoms with E-state index in [2.05, 4.69) is 5.32 Å².